The van der Waals surface area contributed by atoms with Gasteiger partial charge in [-0.15, -0.1) is 0 Å². The number of anilines is 1. The van der Waals surface area contributed by atoms with Crippen molar-refractivity contribution in [2.75, 3.05) is 24.5 Å². The van der Waals surface area contributed by atoms with E-state index >= 15 is 0 Å². The number of hydrogen-bond donors (Lipinski definition) is 1. The highest BCUT2D eigenvalue weighted by atomic mass is 16.5. The van der Waals surface area contributed by atoms with E-state index in [1.54, 1.807) is 29.4 Å². The lowest BCUT2D eigenvalue weighted by atomic mass is 10.2. The highest BCUT2D eigenvalue weighted by Gasteiger charge is 2.35. The third kappa shape index (κ3) is 4.67. The van der Waals surface area contributed by atoms with Gasteiger partial charge in [0.05, 0.1) is 17.2 Å². The molecule has 0 atom stereocenters. The lowest BCUT2D eigenvalue weighted by Gasteiger charge is -2.19. The van der Waals surface area contributed by atoms with Gasteiger partial charge in [-0.25, -0.2) is 9.78 Å². The monoisotopic (exact) mass is 410 g/mol. The van der Waals surface area contributed by atoms with E-state index in [0.717, 1.165) is 6.54 Å². The molecule has 1 aliphatic carbocycles. The number of ether oxygens (including phenoxy) is 1. The lowest BCUT2D eigenvalue weighted by molar-refractivity contribution is 0.0950. The maximum Gasteiger partial charge on any atom is 0.327 e. The van der Waals surface area contributed by atoms with E-state index < -0.39 is 0 Å². The average Bonchev–Trinajstić information content (AvgIpc) is 3.49. The van der Waals surface area contributed by atoms with E-state index in [0.29, 0.717) is 42.0 Å². The molecule has 0 aromatic carbocycles. The molecule has 1 saturated carbocycles. The molecule has 1 N–H and O–H groups in total. The van der Waals surface area contributed by atoms with E-state index in [4.69, 9.17) is 4.74 Å². The second-order valence-electron chi connectivity index (χ2n) is 7.91. The fourth-order valence-electron chi connectivity index (χ4n) is 3.28. The first-order valence-corrected chi connectivity index (χ1v) is 10.3. The normalized spacial score (nSPS) is 16.3. The number of nitrogens with zero attached hydrogens (tertiary/aromatic N) is 5. The lowest BCUT2D eigenvalue weighted by Crippen LogP contribution is -2.34. The Balaban J connectivity index is 1.47. The summed E-state index contributed by atoms with van der Waals surface area (Å²) in [4.78, 5) is 41.3. The van der Waals surface area contributed by atoms with Crippen molar-refractivity contribution >= 4 is 17.9 Å². The predicted molar refractivity (Wildman–Crippen MR) is 110 cm³/mol. The summed E-state index contributed by atoms with van der Waals surface area (Å²) in [5.74, 6) is 1.10. The molecule has 1 aliphatic heterocycles. The Morgan fingerprint density at radius 3 is 2.83 bits per heavy atom. The van der Waals surface area contributed by atoms with Crippen molar-refractivity contribution < 1.29 is 14.3 Å². The molecule has 2 aromatic rings. The van der Waals surface area contributed by atoms with Crippen molar-refractivity contribution in [1.29, 1.82) is 0 Å². The van der Waals surface area contributed by atoms with Crippen molar-refractivity contribution in [3.05, 3.63) is 41.9 Å². The van der Waals surface area contributed by atoms with E-state index in [1.165, 1.54) is 19.0 Å². The first-order chi connectivity index (χ1) is 14.5. The van der Waals surface area contributed by atoms with Gasteiger partial charge >= 0.3 is 6.03 Å². The summed E-state index contributed by atoms with van der Waals surface area (Å²) < 4.78 is 5.85. The SMILES string of the molecule is CC(C)Oc1nc(N2CCN(CC3CC3)C2=O)ncc1CNC(=O)c1cccnc1. The second-order valence-corrected chi connectivity index (χ2v) is 7.91. The molecule has 0 radical (unpaired) electrons. The van der Waals surface area contributed by atoms with Crippen LogP contribution in [0.15, 0.2) is 30.7 Å². The van der Waals surface area contributed by atoms with Crippen LogP contribution in [-0.2, 0) is 6.54 Å². The highest BCUT2D eigenvalue weighted by Crippen LogP contribution is 2.31. The van der Waals surface area contributed by atoms with Gasteiger partial charge in [-0.3, -0.25) is 14.7 Å². The Hall–Kier alpha value is -3.23. The number of carbonyl (C=O) groups is 2. The number of amides is 3. The van der Waals surface area contributed by atoms with Gasteiger partial charge in [-0.2, -0.15) is 4.98 Å². The number of hydrogen-bond acceptors (Lipinski definition) is 6. The number of rotatable bonds is 8. The van der Waals surface area contributed by atoms with Crippen LogP contribution in [0.5, 0.6) is 5.88 Å². The molecule has 30 heavy (non-hydrogen) atoms. The molecule has 0 spiro atoms. The number of pyridine rings is 1. The van der Waals surface area contributed by atoms with Crippen LogP contribution < -0.4 is 15.0 Å². The molecule has 4 rings (SSSR count). The third-order valence-electron chi connectivity index (χ3n) is 5.03. The number of carbonyl (C=O) groups excluding carboxylic acids is 2. The maximum atomic E-state index is 12.7. The van der Waals surface area contributed by atoms with E-state index in [2.05, 4.69) is 20.3 Å². The van der Waals surface area contributed by atoms with Crippen LogP contribution in [0.4, 0.5) is 10.7 Å². The molecule has 3 heterocycles. The van der Waals surface area contributed by atoms with Crippen LogP contribution >= 0.6 is 0 Å². The zero-order valence-corrected chi connectivity index (χ0v) is 17.2. The van der Waals surface area contributed by atoms with E-state index in [9.17, 15) is 9.59 Å². The summed E-state index contributed by atoms with van der Waals surface area (Å²) >= 11 is 0. The van der Waals surface area contributed by atoms with Gasteiger partial charge in [0.2, 0.25) is 11.8 Å². The van der Waals surface area contributed by atoms with Gasteiger partial charge < -0.3 is 15.0 Å². The summed E-state index contributed by atoms with van der Waals surface area (Å²) in [6.45, 7) is 6.06. The quantitative estimate of drug-likeness (QED) is 0.716. The van der Waals surface area contributed by atoms with Crippen molar-refractivity contribution in [1.82, 2.24) is 25.2 Å². The minimum absolute atomic E-state index is 0.0602. The Morgan fingerprint density at radius 1 is 1.30 bits per heavy atom. The smallest absolute Gasteiger partial charge is 0.327 e. The maximum absolute atomic E-state index is 12.7. The Bertz CT molecular complexity index is 916. The molecule has 2 aromatic heterocycles. The van der Waals surface area contributed by atoms with Crippen molar-refractivity contribution in [3.8, 4) is 5.88 Å². The van der Waals surface area contributed by atoms with Crippen LogP contribution in [-0.4, -0.2) is 57.5 Å². The number of nitrogens with one attached hydrogen (secondary N) is 1. The van der Waals surface area contributed by atoms with Gasteiger partial charge in [0, 0.05) is 44.8 Å². The summed E-state index contributed by atoms with van der Waals surface area (Å²) in [6.07, 6.45) is 7.02. The minimum Gasteiger partial charge on any atom is -0.475 e. The fraction of sp³-hybridized carbons (Fsp3) is 0.476. The Kier molecular flexibility index (Phi) is 5.78. The zero-order chi connectivity index (χ0) is 21.1. The van der Waals surface area contributed by atoms with Crippen molar-refractivity contribution in [3.63, 3.8) is 0 Å². The Morgan fingerprint density at radius 2 is 2.13 bits per heavy atom. The van der Waals surface area contributed by atoms with Crippen LogP contribution in [0.2, 0.25) is 0 Å². The van der Waals surface area contributed by atoms with E-state index in [-0.39, 0.29) is 24.6 Å². The molecule has 158 valence electrons. The van der Waals surface area contributed by atoms with Crippen LogP contribution in [0.25, 0.3) is 0 Å². The minimum atomic E-state index is -0.242. The summed E-state index contributed by atoms with van der Waals surface area (Å²) in [7, 11) is 0. The molecule has 2 fully saturated rings. The van der Waals surface area contributed by atoms with Crippen molar-refractivity contribution in [2.45, 2.75) is 39.3 Å². The Labute approximate surface area is 175 Å². The topological polar surface area (TPSA) is 101 Å². The van der Waals surface area contributed by atoms with Gasteiger partial charge in [0.1, 0.15) is 0 Å². The standard InChI is InChI=1S/C21H26N6O3/c1-14(2)30-19-17(11-23-18(28)16-4-3-7-22-10-16)12-24-20(25-19)27-9-8-26(21(27)29)13-15-5-6-15/h3-4,7,10,12,14-15H,5-6,8-9,11,13H2,1-2H3,(H,23,28). The summed E-state index contributed by atoms with van der Waals surface area (Å²) in [5, 5.41) is 2.83. The molecular weight excluding hydrogens is 384 g/mol. The number of urea groups is 1. The summed E-state index contributed by atoms with van der Waals surface area (Å²) in [6, 6.07) is 3.34. The van der Waals surface area contributed by atoms with Gasteiger partial charge in [-0.05, 0) is 44.7 Å². The molecule has 0 unspecified atom stereocenters. The molecule has 9 nitrogen and oxygen atoms in total. The molecule has 9 heteroatoms. The van der Waals surface area contributed by atoms with Gasteiger partial charge in [0.25, 0.3) is 5.91 Å². The largest absolute Gasteiger partial charge is 0.475 e. The highest BCUT2D eigenvalue weighted by molar-refractivity contribution is 5.94. The van der Waals surface area contributed by atoms with Crippen LogP contribution in [0.3, 0.4) is 0 Å². The fourth-order valence-corrected chi connectivity index (χ4v) is 3.28. The van der Waals surface area contributed by atoms with Crippen LogP contribution in [0, 0.1) is 5.92 Å². The summed E-state index contributed by atoms with van der Waals surface area (Å²) in [5.41, 5.74) is 1.12. The first kappa shape index (κ1) is 20.1. The zero-order valence-electron chi connectivity index (χ0n) is 17.2. The van der Waals surface area contributed by atoms with Gasteiger partial charge in [-0.1, -0.05) is 0 Å². The first-order valence-electron chi connectivity index (χ1n) is 10.3. The predicted octanol–water partition coefficient (Wildman–Crippen LogP) is 2.24. The van der Waals surface area contributed by atoms with Crippen molar-refractivity contribution in [2.24, 2.45) is 5.92 Å². The number of aromatic nitrogens is 3. The van der Waals surface area contributed by atoms with Crippen LogP contribution in [0.1, 0.15) is 42.6 Å². The molecular formula is C21H26N6O3. The molecule has 2 aliphatic rings. The molecule has 1 saturated heterocycles. The van der Waals surface area contributed by atoms with E-state index in [1.807, 2.05) is 18.7 Å². The molecule has 0 bridgehead atoms. The third-order valence-corrected chi connectivity index (χ3v) is 5.03. The van der Waals surface area contributed by atoms with Gasteiger partial charge in [0.15, 0.2) is 0 Å². The second kappa shape index (κ2) is 8.64. The molecule has 3 amide bonds. The average molecular weight is 410 g/mol.